The third kappa shape index (κ3) is 5.40. The molecule has 5 nitrogen and oxygen atoms in total. The summed E-state index contributed by atoms with van der Waals surface area (Å²) < 4.78 is 9.34. The Balaban J connectivity index is 0.00000336. The van der Waals surface area contributed by atoms with Crippen LogP contribution in [0.3, 0.4) is 0 Å². The lowest BCUT2D eigenvalue weighted by atomic mass is 9.90. The van der Waals surface area contributed by atoms with Crippen LogP contribution in [-0.2, 0) is 19.4 Å². The summed E-state index contributed by atoms with van der Waals surface area (Å²) in [5.74, 6) is 1.26. The van der Waals surface area contributed by atoms with Crippen molar-refractivity contribution in [1.82, 2.24) is 9.48 Å². The van der Waals surface area contributed by atoms with E-state index in [1.807, 2.05) is 0 Å². The molecule has 5 aliphatic rings. The van der Waals surface area contributed by atoms with Crippen LogP contribution in [0.2, 0.25) is 0 Å². The van der Waals surface area contributed by atoms with Gasteiger partial charge in [0.2, 0.25) is 11.0 Å². The molecular formula is C42H40ClN3O2. The number of nitrogens with zero attached hydrogens (tertiary/aromatic N) is 3. The molecule has 242 valence electrons. The first-order chi connectivity index (χ1) is 23.2. The van der Waals surface area contributed by atoms with Gasteiger partial charge in [0.05, 0.1) is 6.07 Å². The van der Waals surface area contributed by atoms with Crippen molar-refractivity contribution in [2.45, 2.75) is 32.2 Å². The quantitative estimate of drug-likeness (QED) is 0.215. The van der Waals surface area contributed by atoms with Crippen molar-refractivity contribution in [2.24, 2.45) is 5.92 Å². The van der Waals surface area contributed by atoms with Gasteiger partial charge in [-0.1, -0.05) is 60.7 Å². The summed E-state index contributed by atoms with van der Waals surface area (Å²) in [6.45, 7) is 5.08. The Kier molecular flexibility index (Phi) is 8.29. The summed E-state index contributed by atoms with van der Waals surface area (Å²) in [5, 5.41) is 12.2. The first-order valence-corrected chi connectivity index (χ1v) is 17.2. The molecule has 0 aromatic heterocycles. The lowest BCUT2D eigenvalue weighted by Gasteiger charge is -2.32. The number of aliphatic hydroxyl groups excluding tert-OH is 1. The maximum Gasteiger partial charge on any atom is 0.209 e. The predicted molar refractivity (Wildman–Crippen MR) is 190 cm³/mol. The molecule has 0 spiro atoms. The van der Waals surface area contributed by atoms with Gasteiger partial charge in [0.25, 0.3) is 0 Å². The standard InChI is InChI=1S/C42H40N3O2.ClH/c46-28-29-8-7-21-43(26-29)27-32-11-1-4-12-35(32)42-36-17-15-33(44-22-19-30-9-2-5-13-38(30)44)24-40(36)47-41-25-34(16-18-37(41)42)45-23-20-31-10-3-6-14-39(31)45;/h1-6,9-18,24-25,29,46H,7-8,19-23,26-28H2;1H/q+1;/p-1. The van der Waals surface area contributed by atoms with Crippen molar-refractivity contribution >= 4 is 28.0 Å². The smallest absolute Gasteiger partial charge is 0.209 e. The Morgan fingerprint density at radius 3 is 2.54 bits per heavy atom. The molecule has 4 aromatic rings. The number of fused-ring (bicyclic) bond motifs is 4. The molecule has 1 aliphatic carbocycles. The Hall–Kier alpha value is -4.42. The molecule has 1 fully saturated rings. The second-order valence-corrected chi connectivity index (χ2v) is 13.5. The van der Waals surface area contributed by atoms with Gasteiger partial charge in [0, 0.05) is 84.3 Å². The molecule has 0 saturated carbocycles. The first-order valence-electron chi connectivity index (χ1n) is 17.2. The molecule has 6 heteroatoms. The number of hydrogen-bond acceptors (Lipinski definition) is 4. The fraction of sp³-hybridized carbons (Fsp3) is 0.262. The van der Waals surface area contributed by atoms with Gasteiger partial charge in [-0.3, -0.25) is 4.90 Å². The Labute approximate surface area is 288 Å². The highest BCUT2D eigenvalue weighted by atomic mass is 35.5. The van der Waals surface area contributed by atoms with Crippen molar-refractivity contribution in [3.05, 3.63) is 131 Å². The SMILES string of the molecule is OCC1CCCN(Cc2ccccc2-c2c3ccc(=[N+]4CCc5ccccc54)cc-3oc3cc(N4CCc5ccccc54)ccc23)C1.[Cl-]. The fourth-order valence-corrected chi connectivity index (χ4v) is 8.29. The fourth-order valence-electron chi connectivity index (χ4n) is 8.29. The molecule has 4 aromatic carbocycles. The summed E-state index contributed by atoms with van der Waals surface area (Å²) in [6.07, 6.45) is 4.35. The number of hydrogen-bond donors (Lipinski definition) is 1. The molecule has 0 bridgehead atoms. The molecule has 1 N–H and O–H groups in total. The first kappa shape index (κ1) is 30.9. The number of likely N-dealkylation sites (tertiary alicyclic amines) is 1. The maximum atomic E-state index is 9.91. The zero-order valence-electron chi connectivity index (χ0n) is 27.1. The molecule has 4 heterocycles. The van der Waals surface area contributed by atoms with Gasteiger partial charge in [-0.25, -0.2) is 0 Å². The van der Waals surface area contributed by atoms with E-state index in [9.17, 15) is 5.11 Å². The van der Waals surface area contributed by atoms with Crippen LogP contribution in [0.1, 0.15) is 29.5 Å². The third-order valence-electron chi connectivity index (χ3n) is 10.6. The molecule has 9 rings (SSSR count). The van der Waals surface area contributed by atoms with Crippen LogP contribution in [0.5, 0.6) is 0 Å². The Bertz CT molecular complexity index is 2170. The minimum Gasteiger partial charge on any atom is -1.00 e. The number of aliphatic hydroxyl groups is 1. The number of benzene rings is 5. The van der Waals surface area contributed by atoms with Crippen molar-refractivity contribution in [1.29, 1.82) is 0 Å². The topological polar surface area (TPSA) is 42.9 Å². The van der Waals surface area contributed by atoms with Crippen LogP contribution in [0.4, 0.5) is 17.1 Å². The van der Waals surface area contributed by atoms with Gasteiger partial charge in [0.1, 0.15) is 11.3 Å². The van der Waals surface area contributed by atoms with Crippen LogP contribution in [-0.4, -0.2) is 42.8 Å². The molecule has 4 aliphatic heterocycles. The molecule has 1 saturated heterocycles. The maximum absolute atomic E-state index is 9.91. The van der Waals surface area contributed by atoms with Crippen LogP contribution in [0, 0.1) is 5.92 Å². The average molecular weight is 654 g/mol. The molecule has 0 radical (unpaired) electrons. The van der Waals surface area contributed by atoms with Gasteiger partial charge >= 0.3 is 0 Å². The van der Waals surface area contributed by atoms with E-state index in [-0.39, 0.29) is 19.0 Å². The number of piperidine rings is 1. The van der Waals surface area contributed by atoms with E-state index < -0.39 is 0 Å². The summed E-state index contributed by atoms with van der Waals surface area (Å²) in [7, 11) is 0. The van der Waals surface area contributed by atoms with Gasteiger partial charge < -0.3 is 26.8 Å². The van der Waals surface area contributed by atoms with E-state index in [0.29, 0.717) is 5.92 Å². The minimum absolute atomic E-state index is 0. The molecule has 0 amide bonds. The van der Waals surface area contributed by atoms with Crippen LogP contribution >= 0.6 is 0 Å². The summed E-state index contributed by atoms with van der Waals surface area (Å²) in [6, 6.07) is 40.0. The zero-order chi connectivity index (χ0) is 31.3. The number of anilines is 2. The highest BCUT2D eigenvalue weighted by molar-refractivity contribution is 6.03. The van der Waals surface area contributed by atoms with Gasteiger partial charge in [-0.2, -0.15) is 4.58 Å². The van der Waals surface area contributed by atoms with Gasteiger partial charge in [0.15, 0.2) is 6.54 Å². The molecule has 1 atom stereocenters. The molecular weight excluding hydrogens is 614 g/mol. The van der Waals surface area contributed by atoms with E-state index in [1.165, 1.54) is 39.2 Å². The van der Waals surface area contributed by atoms with Crippen LogP contribution in [0.15, 0.2) is 114 Å². The van der Waals surface area contributed by atoms with E-state index in [2.05, 4.69) is 124 Å². The second-order valence-electron chi connectivity index (χ2n) is 13.5. The van der Waals surface area contributed by atoms with Crippen molar-refractivity contribution in [3.63, 3.8) is 0 Å². The van der Waals surface area contributed by atoms with Crippen LogP contribution in [0.25, 0.3) is 33.4 Å². The van der Waals surface area contributed by atoms with Gasteiger partial charge in [-0.15, -0.1) is 0 Å². The lowest BCUT2D eigenvalue weighted by molar-refractivity contribution is -0.0000106. The van der Waals surface area contributed by atoms with Crippen molar-refractivity contribution in [3.8, 4) is 22.5 Å². The number of rotatable bonds is 5. The van der Waals surface area contributed by atoms with Gasteiger partial charge in [-0.05, 0) is 72.7 Å². The highest BCUT2D eigenvalue weighted by Gasteiger charge is 2.27. The predicted octanol–water partition coefficient (Wildman–Crippen LogP) is 4.77. The lowest BCUT2D eigenvalue weighted by Crippen LogP contribution is -3.00. The van der Waals surface area contributed by atoms with E-state index in [0.717, 1.165) is 91.7 Å². The summed E-state index contributed by atoms with van der Waals surface area (Å²) in [5.41, 5.74) is 12.4. The summed E-state index contributed by atoms with van der Waals surface area (Å²) >= 11 is 0. The van der Waals surface area contributed by atoms with E-state index in [1.54, 1.807) is 0 Å². The largest absolute Gasteiger partial charge is 1.00 e. The normalized spacial score (nSPS) is 18.6. The number of para-hydroxylation sites is 2. The van der Waals surface area contributed by atoms with Crippen molar-refractivity contribution in [2.75, 3.05) is 37.7 Å². The van der Waals surface area contributed by atoms with E-state index in [4.69, 9.17) is 4.42 Å². The molecule has 1 unspecified atom stereocenters. The minimum atomic E-state index is 0. The molecule has 48 heavy (non-hydrogen) atoms. The van der Waals surface area contributed by atoms with Crippen molar-refractivity contribution < 1.29 is 21.9 Å². The summed E-state index contributed by atoms with van der Waals surface area (Å²) in [4.78, 5) is 4.94. The average Bonchev–Trinajstić information content (AvgIpc) is 3.76. The second kappa shape index (κ2) is 12.9. The monoisotopic (exact) mass is 653 g/mol. The Morgan fingerprint density at radius 2 is 1.62 bits per heavy atom. The number of halogens is 1. The third-order valence-corrected chi connectivity index (χ3v) is 10.6. The van der Waals surface area contributed by atoms with E-state index >= 15 is 0 Å². The Morgan fingerprint density at radius 1 is 0.792 bits per heavy atom. The highest BCUT2D eigenvalue weighted by Crippen LogP contribution is 2.44. The van der Waals surface area contributed by atoms with Crippen LogP contribution < -0.4 is 27.2 Å². The zero-order valence-corrected chi connectivity index (χ0v) is 27.9.